The highest BCUT2D eigenvalue weighted by atomic mass is 16.6. The zero-order valence-corrected chi connectivity index (χ0v) is 12.4. The van der Waals surface area contributed by atoms with Crippen LogP contribution in [-0.4, -0.2) is 54.1 Å². The highest BCUT2D eigenvalue weighted by molar-refractivity contribution is 5.73. The largest absolute Gasteiger partial charge is 0.481 e. The van der Waals surface area contributed by atoms with Crippen LogP contribution < -0.4 is 0 Å². The van der Waals surface area contributed by atoms with E-state index in [-0.39, 0.29) is 6.29 Å². The van der Waals surface area contributed by atoms with E-state index in [9.17, 15) is 24.0 Å². The number of hydrogen-bond acceptors (Lipinski definition) is 8. The molecule has 0 saturated heterocycles. The van der Waals surface area contributed by atoms with Crippen LogP contribution in [0.25, 0.3) is 0 Å². The Morgan fingerprint density at radius 2 is 1.55 bits per heavy atom. The number of ether oxygens (including phenoxy) is 3. The Hall–Kier alpha value is -2.45. The molecule has 0 rings (SSSR count). The second-order valence-corrected chi connectivity index (χ2v) is 4.42. The van der Waals surface area contributed by atoms with Crippen molar-refractivity contribution >= 4 is 30.2 Å². The van der Waals surface area contributed by atoms with Gasteiger partial charge >= 0.3 is 23.9 Å². The van der Waals surface area contributed by atoms with E-state index < -0.39 is 55.0 Å². The second-order valence-electron chi connectivity index (χ2n) is 4.42. The third kappa shape index (κ3) is 7.98. The zero-order chi connectivity index (χ0) is 17.3. The molecule has 0 aromatic heterocycles. The maximum absolute atomic E-state index is 11.2. The molecule has 9 heteroatoms. The molecule has 9 nitrogen and oxygen atoms in total. The quantitative estimate of drug-likeness (QED) is 0.345. The van der Waals surface area contributed by atoms with E-state index in [2.05, 4.69) is 0 Å². The van der Waals surface area contributed by atoms with Crippen LogP contribution >= 0.6 is 0 Å². The van der Waals surface area contributed by atoms with Gasteiger partial charge in [0.1, 0.15) is 12.9 Å². The number of rotatable bonds is 9. The topological polar surface area (TPSA) is 133 Å². The molecule has 3 unspecified atom stereocenters. The Balaban J connectivity index is 5.35. The molecule has 0 fully saturated rings. The summed E-state index contributed by atoms with van der Waals surface area (Å²) < 4.78 is 14.5. The van der Waals surface area contributed by atoms with Gasteiger partial charge in [-0.2, -0.15) is 0 Å². The van der Waals surface area contributed by atoms with Gasteiger partial charge in [0.05, 0.1) is 12.3 Å². The fourth-order valence-electron chi connectivity index (χ4n) is 1.68. The molecule has 1 N–H and O–H groups in total. The van der Waals surface area contributed by atoms with Gasteiger partial charge in [-0.1, -0.05) is 0 Å². The standard InChI is InChI=1S/C13H18O9/c1-7(15)20-6-11(21-8(2)16)13(22-9(3)17)10(5-14)4-12(18)19/h5,10-11,13H,4,6H2,1-3H3,(H,18,19). The Morgan fingerprint density at radius 1 is 1.00 bits per heavy atom. The molecule has 124 valence electrons. The lowest BCUT2D eigenvalue weighted by Crippen LogP contribution is -2.44. The van der Waals surface area contributed by atoms with Gasteiger partial charge in [0, 0.05) is 20.8 Å². The van der Waals surface area contributed by atoms with Crippen LogP contribution in [0, 0.1) is 5.92 Å². The molecule has 0 bridgehead atoms. The number of carbonyl (C=O) groups is 5. The predicted octanol–water partition coefficient (Wildman–Crippen LogP) is -0.297. The minimum Gasteiger partial charge on any atom is -0.481 e. The van der Waals surface area contributed by atoms with E-state index in [0.717, 1.165) is 20.8 Å². The van der Waals surface area contributed by atoms with Gasteiger partial charge in [0.2, 0.25) is 0 Å². The third-order valence-corrected chi connectivity index (χ3v) is 2.44. The second kappa shape index (κ2) is 9.48. The molecular weight excluding hydrogens is 300 g/mol. The van der Waals surface area contributed by atoms with Crippen molar-refractivity contribution in [1.82, 2.24) is 0 Å². The van der Waals surface area contributed by atoms with Crippen molar-refractivity contribution in [1.29, 1.82) is 0 Å². The van der Waals surface area contributed by atoms with Crippen molar-refractivity contribution < 1.29 is 43.3 Å². The van der Waals surface area contributed by atoms with E-state index in [1.165, 1.54) is 0 Å². The van der Waals surface area contributed by atoms with Gasteiger partial charge in [-0.15, -0.1) is 0 Å². The Kier molecular flexibility index (Phi) is 8.42. The summed E-state index contributed by atoms with van der Waals surface area (Å²) in [6.45, 7) is 2.75. The SMILES string of the molecule is CC(=O)OCC(OC(C)=O)C(OC(C)=O)C(C=O)CC(=O)O. The molecule has 0 radical (unpaired) electrons. The lowest BCUT2D eigenvalue weighted by molar-refractivity contribution is -0.178. The molecule has 0 heterocycles. The molecule has 0 aliphatic rings. The number of carboxylic acid groups (broad SMARTS) is 1. The first-order valence-corrected chi connectivity index (χ1v) is 6.32. The monoisotopic (exact) mass is 318 g/mol. The van der Waals surface area contributed by atoms with E-state index in [0.29, 0.717) is 0 Å². The Labute approximate surface area is 126 Å². The molecular formula is C13H18O9. The maximum atomic E-state index is 11.2. The fourth-order valence-corrected chi connectivity index (χ4v) is 1.68. The molecule has 3 atom stereocenters. The van der Waals surface area contributed by atoms with Crippen LogP contribution in [0.2, 0.25) is 0 Å². The predicted molar refractivity (Wildman–Crippen MR) is 69.5 cm³/mol. The molecule has 0 aromatic rings. The molecule has 0 aromatic carbocycles. The summed E-state index contributed by atoms with van der Waals surface area (Å²) in [5, 5.41) is 8.79. The van der Waals surface area contributed by atoms with Crippen molar-refractivity contribution in [3.05, 3.63) is 0 Å². The fraction of sp³-hybridized carbons (Fsp3) is 0.615. The first-order chi connectivity index (χ1) is 10.2. The molecule has 0 spiro atoms. The number of carboxylic acids is 1. The molecule has 0 saturated carbocycles. The number of aldehydes is 1. The Morgan fingerprint density at radius 3 is 1.91 bits per heavy atom. The minimum atomic E-state index is -1.38. The van der Waals surface area contributed by atoms with Crippen molar-refractivity contribution in [3.8, 4) is 0 Å². The highest BCUT2D eigenvalue weighted by Crippen LogP contribution is 2.18. The maximum Gasteiger partial charge on any atom is 0.304 e. The van der Waals surface area contributed by atoms with E-state index in [4.69, 9.17) is 19.3 Å². The number of aliphatic carboxylic acids is 1. The molecule has 22 heavy (non-hydrogen) atoms. The number of esters is 3. The van der Waals surface area contributed by atoms with Crippen LogP contribution in [-0.2, 0) is 38.2 Å². The highest BCUT2D eigenvalue weighted by Gasteiger charge is 2.36. The van der Waals surface area contributed by atoms with Gasteiger partial charge < -0.3 is 24.1 Å². The first-order valence-electron chi connectivity index (χ1n) is 6.32. The van der Waals surface area contributed by atoms with Crippen LogP contribution in [0.1, 0.15) is 27.2 Å². The van der Waals surface area contributed by atoms with Crippen LogP contribution in [0.5, 0.6) is 0 Å². The summed E-state index contributed by atoms with van der Waals surface area (Å²) in [5.41, 5.74) is 0. The molecule has 0 aliphatic heterocycles. The first kappa shape index (κ1) is 19.6. The number of hydrogen-bond donors (Lipinski definition) is 1. The van der Waals surface area contributed by atoms with Gasteiger partial charge in [-0.3, -0.25) is 19.2 Å². The summed E-state index contributed by atoms with van der Waals surface area (Å²) in [5.74, 6) is -4.82. The average Bonchev–Trinajstić information content (AvgIpc) is 2.37. The average molecular weight is 318 g/mol. The summed E-state index contributed by atoms with van der Waals surface area (Å²) in [6, 6.07) is 0. The van der Waals surface area contributed by atoms with Crippen molar-refractivity contribution in [2.45, 2.75) is 39.4 Å². The van der Waals surface area contributed by atoms with Crippen molar-refractivity contribution in [3.63, 3.8) is 0 Å². The van der Waals surface area contributed by atoms with E-state index in [1.54, 1.807) is 0 Å². The number of carbonyl (C=O) groups excluding carboxylic acids is 4. The van der Waals surface area contributed by atoms with Gasteiger partial charge in [-0.25, -0.2) is 0 Å². The van der Waals surface area contributed by atoms with E-state index in [1.807, 2.05) is 0 Å². The minimum absolute atomic E-state index is 0.284. The summed E-state index contributed by atoms with van der Waals surface area (Å²) in [7, 11) is 0. The Bertz CT molecular complexity index is 443. The molecule has 0 aliphatic carbocycles. The van der Waals surface area contributed by atoms with E-state index >= 15 is 0 Å². The van der Waals surface area contributed by atoms with Gasteiger partial charge in [0.25, 0.3) is 0 Å². The third-order valence-electron chi connectivity index (χ3n) is 2.44. The normalized spacial score (nSPS) is 14.1. The summed E-state index contributed by atoms with van der Waals surface area (Å²) in [4.78, 5) is 55.0. The summed E-state index contributed by atoms with van der Waals surface area (Å²) in [6.07, 6.45) is -3.03. The van der Waals surface area contributed by atoms with Crippen LogP contribution in [0.3, 0.4) is 0 Å². The zero-order valence-electron chi connectivity index (χ0n) is 12.4. The van der Waals surface area contributed by atoms with Gasteiger partial charge in [0.15, 0.2) is 12.2 Å². The van der Waals surface area contributed by atoms with Gasteiger partial charge in [-0.05, 0) is 0 Å². The molecule has 0 amide bonds. The lowest BCUT2D eigenvalue weighted by atomic mass is 9.95. The smallest absolute Gasteiger partial charge is 0.304 e. The lowest BCUT2D eigenvalue weighted by Gasteiger charge is -2.28. The van der Waals surface area contributed by atoms with Crippen molar-refractivity contribution in [2.75, 3.05) is 6.61 Å². The van der Waals surface area contributed by atoms with Crippen molar-refractivity contribution in [2.24, 2.45) is 5.92 Å². The van der Waals surface area contributed by atoms with Crippen LogP contribution in [0.4, 0.5) is 0 Å². The van der Waals surface area contributed by atoms with Crippen LogP contribution in [0.15, 0.2) is 0 Å². The summed E-state index contributed by atoms with van der Waals surface area (Å²) >= 11 is 0.